The van der Waals surface area contributed by atoms with E-state index in [1.807, 2.05) is 30.5 Å². The summed E-state index contributed by atoms with van der Waals surface area (Å²) < 4.78 is 0. The van der Waals surface area contributed by atoms with E-state index in [2.05, 4.69) is 91.0 Å². The maximum Gasteiger partial charge on any atom is 0.328 e. The predicted octanol–water partition coefficient (Wildman–Crippen LogP) is 2.48. The van der Waals surface area contributed by atoms with E-state index in [0.29, 0.717) is 0 Å². The summed E-state index contributed by atoms with van der Waals surface area (Å²) in [6.07, 6.45) is 5.51. The topological polar surface area (TPSA) is 49.7 Å². The van der Waals surface area contributed by atoms with Gasteiger partial charge in [-0.05, 0) is 60.2 Å². The number of benzene rings is 4. The van der Waals surface area contributed by atoms with Crippen molar-refractivity contribution < 1.29 is 22.3 Å². The molecule has 34 heavy (non-hydrogen) atoms. The van der Waals surface area contributed by atoms with Gasteiger partial charge in [0.05, 0.1) is 5.69 Å². The second-order valence-corrected chi connectivity index (χ2v) is 11.1. The highest BCUT2D eigenvalue weighted by Crippen LogP contribution is 2.54. The Morgan fingerprint density at radius 3 is 1.71 bits per heavy atom. The molecular weight excluding hydrogens is 461 g/mol. The first-order valence-electron chi connectivity index (χ1n) is 10.8. The normalized spacial score (nSPS) is 11.4. The number of carboxylic acid groups (broad SMARTS) is 1. The van der Waals surface area contributed by atoms with E-state index in [-0.39, 0.29) is 12.4 Å². The molecule has 0 radical (unpaired) electrons. The van der Waals surface area contributed by atoms with Crippen LogP contribution in [-0.2, 0) is 4.79 Å². The van der Waals surface area contributed by atoms with Crippen molar-refractivity contribution in [2.24, 2.45) is 4.99 Å². The molecule has 0 saturated heterocycles. The fourth-order valence-corrected chi connectivity index (χ4v) is 7.85. The van der Waals surface area contributed by atoms with E-state index in [1.54, 1.807) is 6.08 Å². The number of carbonyl (C=O) groups is 1. The molecule has 4 aromatic carbocycles. The number of aliphatic carboxylic acids is 1. The molecule has 4 aromatic rings. The highest BCUT2D eigenvalue weighted by atomic mass is 35.5. The maximum absolute atomic E-state index is 10.8. The van der Waals surface area contributed by atoms with E-state index >= 15 is 0 Å². The summed E-state index contributed by atoms with van der Waals surface area (Å²) in [6.45, 7) is 0. The molecule has 0 aliphatic rings. The number of hydrogen-bond acceptors (Lipinski definition) is 2. The Morgan fingerprint density at radius 1 is 0.735 bits per heavy atom. The zero-order valence-corrected chi connectivity index (χ0v) is 20.2. The number of rotatable bonds is 8. The molecule has 0 aromatic heterocycles. The van der Waals surface area contributed by atoms with Gasteiger partial charge in [0.2, 0.25) is 0 Å². The van der Waals surface area contributed by atoms with Crippen LogP contribution >= 0.6 is 7.26 Å². The van der Waals surface area contributed by atoms with Gasteiger partial charge >= 0.3 is 5.97 Å². The molecule has 0 amide bonds. The van der Waals surface area contributed by atoms with Crippen molar-refractivity contribution in [3.8, 4) is 0 Å². The average molecular weight is 486 g/mol. The van der Waals surface area contributed by atoms with Gasteiger partial charge in [0, 0.05) is 12.3 Å². The lowest BCUT2D eigenvalue weighted by Crippen LogP contribution is -3.00. The van der Waals surface area contributed by atoms with E-state index in [0.717, 1.165) is 23.5 Å². The number of carboxylic acids is 1. The average Bonchev–Trinajstić information content (AvgIpc) is 2.87. The summed E-state index contributed by atoms with van der Waals surface area (Å²) in [4.78, 5) is 15.6. The molecule has 0 saturated carbocycles. The summed E-state index contributed by atoms with van der Waals surface area (Å²) >= 11 is 0. The summed E-state index contributed by atoms with van der Waals surface area (Å²) in [5, 5.41) is 12.8. The fourth-order valence-electron chi connectivity index (χ4n) is 3.96. The molecule has 0 atom stereocenters. The Kier molecular flexibility index (Phi) is 8.93. The van der Waals surface area contributed by atoms with Crippen molar-refractivity contribution in [3.63, 3.8) is 0 Å². The number of aliphatic imine (C=N–C) groups is 1. The number of nitrogens with zero attached hydrogens (tertiary/aromatic N) is 1. The quantitative estimate of drug-likeness (QED) is 0.237. The Labute approximate surface area is 207 Å². The van der Waals surface area contributed by atoms with E-state index in [9.17, 15) is 4.79 Å². The van der Waals surface area contributed by atoms with Crippen LogP contribution in [0.15, 0.2) is 126 Å². The summed E-state index contributed by atoms with van der Waals surface area (Å²) in [5.41, 5.74) is 1.61. The largest absolute Gasteiger partial charge is 1.00 e. The maximum atomic E-state index is 10.8. The van der Waals surface area contributed by atoms with E-state index in [1.165, 1.54) is 15.9 Å². The van der Waals surface area contributed by atoms with Crippen LogP contribution in [0.1, 0.15) is 5.56 Å². The van der Waals surface area contributed by atoms with Crippen molar-refractivity contribution in [2.75, 3.05) is 6.16 Å². The smallest absolute Gasteiger partial charge is 0.328 e. The first kappa shape index (κ1) is 25.1. The Morgan fingerprint density at radius 2 is 1.24 bits per heavy atom. The van der Waals surface area contributed by atoms with Gasteiger partial charge in [-0.1, -0.05) is 66.7 Å². The van der Waals surface area contributed by atoms with Gasteiger partial charge in [0.25, 0.3) is 0 Å². The van der Waals surface area contributed by atoms with Crippen molar-refractivity contribution >= 4 is 47.1 Å². The number of halogens is 1. The molecular formula is C29H25ClNO2P. The summed E-state index contributed by atoms with van der Waals surface area (Å²) in [5.74, 6) is -0.966. The van der Waals surface area contributed by atoms with Gasteiger partial charge in [-0.15, -0.1) is 0 Å². The van der Waals surface area contributed by atoms with Crippen LogP contribution in [0.5, 0.6) is 0 Å². The fraction of sp³-hybridized carbons (Fsp3) is 0.0345. The Balaban J connectivity index is 0.00000324. The highest BCUT2D eigenvalue weighted by molar-refractivity contribution is 7.96. The molecule has 5 heteroatoms. The second-order valence-electron chi connectivity index (χ2n) is 7.58. The molecule has 0 spiro atoms. The Hall–Kier alpha value is -3.52. The van der Waals surface area contributed by atoms with Crippen LogP contribution < -0.4 is 28.3 Å². The predicted molar refractivity (Wildman–Crippen MR) is 141 cm³/mol. The van der Waals surface area contributed by atoms with E-state index < -0.39 is 13.2 Å². The molecule has 0 fully saturated rings. The number of hydrogen-bond donors (Lipinski definition) is 1. The lowest BCUT2D eigenvalue weighted by atomic mass is 10.2. The molecule has 0 aliphatic heterocycles. The third kappa shape index (κ3) is 5.88. The third-order valence-corrected chi connectivity index (χ3v) is 9.73. The SMILES string of the molecule is O=C(O)C=Cc1cccc(N=CC[P+](c2ccccc2)(c2ccccc2)c2ccccc2)c1.[Cl-]. The lowest BCUT2D eigenvalue weighted by molar-refractivity contribution is -0.131. The van der Waals surface area contributed by atoms with Crippen LogP contribution in [0.4, 0.5) is 5.69 Å². The molecule has 1 N–H and O–H groups in total. The lowest BCUT2D eigenvalue weighted by Gasteiger charge is -2.26. The van der Waals surface area contributed by atoms with Crippen LogP contribution in [0.25, 0.3) is 6.08 Å². The first-order valence-corrected chi connectivity index (χ1v) is 12.7. The second kappa shape index (κ2) is 12.1. The van der Waals surface area contributed by atoms with Crippen molar-refractivity contribution in [2.45, 2.75) is 0 Å². The van der Waals surface area contributed by atoms with Gasteiger partial charge in [-0.25, -0.2) is 4.79 Å². The minimum absolute atomic E-state index is 0. The minimum atomic E-state index is -1.97. The molecule has 0 unspecified atom stereocenters. The zero-order chi connectivity index (χ0) is 22.9. The molecule has 170 valence electrons. The standard InChI is InChI=1S/C29H24NO2P.ClH/c31-29(32)20-19-24-11-10-12-25(23-24)30-21-22-33(26-13-4-1-5-14-26,27-15-6-2-7-16-27)28-17-8-3-9-18-28;/h1-21,23H,22H2;1H. The summed E-state index contributed by atoms with van der Waals surface area (Å²) in [6, 6.07) is 39.7. The van der Waals surface area contributed by atoms with Gasteiger partial charge in [-0.2, -0.15) is 0 Å². The third-order valence-electron chi connectivity index (χ3n) is 5.48. The highest BCUT2D eigenvalue weighted by Gasteiger charge is 2.44. The monoisotopic (exact) mass is 485 g/mol. The first-order chi connectivity index (χ1) is 16.2. The van der Waals surface area contributed by atoms with Crippen molar-refractivity contribution in [3.05, 3.63) is 127 Å². The molecule has 0 heterocycles. The van der Waals surface area contributed by atoms with Gasteiger partial charge in [0.1, 0.15) is 29.3 Å². The molecule has 0 aliphatic carbocycles. The summed E-state index contributed by atoms with van der Waals surface area (Å²) in [7, 11) is -1.97. The zero-order valence-electron chi connectivity index (χ0n) is 18.5. The molecule has 4 rings (SSSR count). The van der Waals surface area contributed by atoms with Crippen molar-refractivity contribution in [1.29, 1.82) is 0 Å². The van der Waals surface area contributed by atoms with Crippen LogP contribution in [0.3, 0.4) is 0 Å². The van der Waals surface area contributed by atoms with Crippen LogP contribution in [0.2, 0.25) is 0 Å². The van der Waals surface area contributed by atoms with Crippen molar-refractivity contribution in [1.82, 2.24) is 0 Å². The van der Waals surface area contributed by atoms with Gasteiger partial charge in [0.15, 0.2) is 0 Å². The van der Waals surface area contributed by atoms with Gasteiger partial charge in [-0.3, -0.25) is 4.99 Å². The van der Waals surface area contributed by atoms with Gasteiger partial charge < -0.3 is 17.5 Å². The molecule has 3 nitrogen and oxygen atoms in total. The minimum Gasteiger partial charge on any atom is -1.00 e. The Bertz CT molecular complexity index is 1160. The van der Waals surface area contributed by atoms with E-state index in [4.69, 9.17) is 10.1 Å². The molecule has 0 bridgehead atoms. The van der Waals surface area contributed by atoms with Crippen LogP contribution in [0, 0.1) is 0 Å². The van der Waals surface area contributed by atoms with Crippen LogP contribution in [-0.4, -0.2) is 23.5 Å².